The summed E-state index contributed by atoms with van der Waals surface area (Å²) in [5, 5.41) is 0. The van der Waals surface area contributed by atoms with Crippen LogP contribution in [0.5, 0.6) is 0 Å². The molecule has 1 unspecified atom stereocenters. The fraction of sp³-hybridized carbons (Fsp3) is 0.556. The maximum atomic E-state index is 12.4. The van der Waals surface area contributed by atoms with E-state index in [2.05, 4.69) is 0 Å². The average molecular weight is 354 g/mol. The first-order chi connectivity index (χ1) is 11.0. The van der Waals surface area contributed by atoms with Crippen molar-refractivity contribution in [2.24, 2.45) is 11.7 Å². The molecule has 0 radical (unpaired) electrons. The maximum absolute atomic E-state index is 12.4. The van der Waals surface area contributed by atoms with E-state index in [1.165, 1.54) is 0 Å². The molecule has 0 spiro atoms. The van der Waals surface area contributed by atoms with Gasteiger partial charge in [-0.1, -0.05) is 30.3 Å². The van der Waals surface area contributed by atoms with E-state index in [1.54, 1.807) is 19.0 Å². The van der Waals surface area contributed by atoms with Gasteiger partial charge in [-0.2, -0.15) is 0 Å². The third kappa shape index (κ3) is 5.80. The number of hydrogen-bond acceptors (Lipinski definition) is 3. The Bertz CT molecular complexity index is 528. The topological polar surface area (TPSA) is 66.6 Å². The molecule has 1 saturated heterocycles. The van der Waals surface area contributed by atoms with E-state index in [0.717, 1.165) is 18.4 Å². The number of piperidine rings is 1. The lowest BCUT2D eigenvalue weighted by Gasteiger charge is -2.33. The van der Waals surface area contributed by atoms with Crippen LogP contribution in [0.1, 0.15) is 24.8 Å². The fourth-order valence-electron chi connectivity index (χ4n) is 3.08. The summed E-state index contributed by atoms with van der Waals surface area (Å²) in [5.74, 6) is 0.314. The number of halogens is 1. The molecule has 2 amide bonds. The molecule has 0 aliphatic carbocycles. The Morgan fingerprint density at radius 2 is 1.79 bits per heavy atom. The molecule has 1 aromatic rings. The molecule has 1 heterocycles. The number of rotatable bonds is 5. The Morgan fingerprint density at radius 3 is 2.33 bits per heavy atom. The number of nitrogens with zero attached hydrogens (tertiary/aromatic N) is 2. The number of carbonyl (C=O) groups is 2. The highest BCUT2D eigenvalue weighted by molar-refractivity contribution is 5.85. The van der Waals surface area contributed by atoms with Crippen LogP contribution >= 0.6 is 12.4 Å². The quantitative estimate of drug-likeness (QED) is 0.876. The Kier molecular flexibility index (Phi) is 8.22. The number of likely N-dealkylation sites (tertiary alicyclic amines) is 1. The third-order valence-corrected chi connectivity index (χ3v) is 4.42. The van der Waals surface area contributed by atoms with Crippen molar-refractivity contribution in [2.75, 3.05) is 27.2 Å². The van der Waals surface area contributed by atoms with Gasteiger partial charge in [0, 0.05) is 45.6 Å². The largest absolute Gasteiger partial charge is 0.349 e. The molecular weight excluding hydrogens is 326 g/mol. The van der Waals surface area contributed by atoms with Crippen molar-refractivity contribution in [1.29, 1.82) is 0 Å². The van der Waals surface area contributed by atoms with Crippen LogP contribution < -0.4 is 5.73 Å². The van der Waals surface area contributed by atoms with Crippen LogP contribution in [0.3, 0.4) is 0 Å². The fourth-order valence-corrected chi connectivity index (χ4v) is 3.08. The minimum atomic E-state index is -0.161. The number of hydrogen-bond donors (Lipinski definition) is 1. The van der Waals surface area contributed by atoms with Crippen molar-refractivity contribution < 1.29 is 9.59 Å². The zero-order chi connectivity index (χ0) is 16.8. The van der Waals surface area contributed by atoms with Gasteiger partial charge in [0.05, 0.1) is 0 Å². The smallest absolute Gasteiger partial charge is 0.225 e. The SMILES string of the molecule is CN(C)C(=O)C1CCN(C(=O)CC(N)Cc2ccccc2)CC1.Cl. The van der Waals surface area contributed by atoms with Gasteiger partial charge in [-0.05, 0) is 24.8 Å². The lowest BCUT2D eigenvalue weighted by Crippen LogP contribution is -2.44. The molecule has 6 heteroatoms. The van der Waals surface area contributed by atoms with Crippen LogP contribution in [-0.4, -0.2) is 54.8 Å². The van der Waals surface area contributed by atoms with Crippen LogP contribution in [0.4, 0.5) is 0 Å². The van der Waals surface area contributed by atoms with Crippen LogP contribution in [0.15, 0.2) is 30.3 Å². The van der Waals surface area contributed by atoms with E-state index in [4.69, 9.17) is 5.73 Å². The summed E-state index contributed by atoms with van der Waals surface area (Å²) in [5.41, 5.74) is 7.28. The summed E-state index contributed by atoms with van der Waals surface area (Å²) in [6, 6.07) is 9.84. The Morgan fingerprint density at radius 1 is 1.21 bits per heavy atom. The second kappa shape index (κ2) is 9.64. The van der Waals surface area contributed by atoms with E-state index in [9.17, 15) is 9.59 Å². The molecular formula is C18H28ClN3O2. The van der Waals surface area contributed by atoms with Gasteiger partial charge in [0.2, 0.25) is 11.8 Å². The zero-order valence-electron chi connectivity index (χ0n) is 14.5. The van der Waals surface area contributed by atoms with Crippen molar-refractivity contribution in [2.45, 2.75) is 31.7 Å². The predicted molar refractivity (Wildman–Crippen MR) is 98.0 cm³/mol. The monoisotopic (exact) mass is 353 g/mol. The van der Waals surface area contributed by atoms with Gasteiger partial charge in [-0.25, -0.2) is 0 Å². The van der Waals surface area contributed by atoms with Crippen LogP contribution in [-0.2, 0) is 16.0 Å². The van der Waals surface area contributed by atoms with Crippen molar-refractivity contribution in [3.63, 3.8) is 0 Å². The molecule has 0 saturated carbocycles. The lowest BCUT2D eigenvalue weighted by atomic mass is 9.95. The van der Waals surface area contributed by atoms with E-state index in [0.29, 0.717) is 25.9 Å². The van der Waals surface area contributed by atoms with Crippen molar-refractivity contribution in [1.82, 2.24) is 9.80 Å². The van der Waals surface area contributed by atoms with Crippen molar-refractivity contribution >= 4 is 24.2 Å². The molecule has 2 rings (SSSR count). The summed E-state index contributed by atoms with van der Waals surface area (Å²) in [6.45, 7) is 1.31. The van der Waals surface area contributed by atoms with Crippen LogP contribution in [0, 0.1) is 5.92 Å². The van der Waals surface area contributed by atoms with Gasteiger partial charge in [-0.15, -0.1) is 12.4 Å². The molecule has 1 fully saturated rings. The highest BCUT2D eigenvalue weighted by Crippen LogP contribution is 2.20. The summed E-state index contributed by atoms with van der Waals surface area (Å²) in [7, 11) is 3.56. The maximum Gasteiger partial charge on any atom is 0.225 e. The van der Waals surface area contributed by atoms with Gasteiger partial charge in [0.1, 0.15) is 0 Å². The first-order valence-electron chi connectivity index (χ1n) is 8.26. The molecule has 0 bridgehead atoms. The van der Waals surface area contributed by atoms with Crippen molar-refractivity contribution in [3.05, 3.63) is 35.9 Å². The minimum Gasteiger partial charge on any atom is -0.349 e. The van der Waals surface area contributed by atoms with E-state index in [1.807, 2.05) is 35.2 Å². The highest BCUT2D eigenvalue weighted by atomic mass is 35.5. The standard InChI is InChI=1S/C18H27N3O2.ClH/c1-20(2)18(23)15-8-10-21(11-9-15)17(22)13-16(19)12-14-6-4-3-5-7-14;/h3-7,15-16H,8-13,19H2,1-2H3;1H. The van der Waals surface area contributed by atoms with Crippen LogP contribution in [0.25, 0.3) is 0 Å². The second-order valence-corrected chi connectivity index (χ2v) is 6.54. The van der Waals surface area contributed by atoms with Gasteiger partial charge in [-0.3, -0.25) is 9.59 Å². The number of benzene rings is 1. The Balaban J connectivity index is 0.00000288. The summed E-state index contributed by atoms with van der Waals surface area (Å²) in [6.07, 6.45) is 2.57. The molecule has 0 aromatic heterocycles. The number of carbonyl (C=O) groups excluding carboxylic acids is 2. The molecule has 1 aliphatic rings. The average Bonchev–Trinajstić information content (AvgIpc) is 2.55. The van der Waals surface area contributed by atoms with E-state index < -0.39 is 0 Å². The summed E-state index contributed by atoms with van der Waals surface area (Å²) in [4.78, 5) is 27.8. The van der Waals surface area contributed by atoms with E-state index in [-0.39, 0.29) is 36.2 Å². The molecule has 24 heavy (non-hydrogen) atoms. The first-order valence-corrected chi connectivity index (χ1v) is 8.26. The number of amides is 2. The zero-order valence-corrected chi connectivity index (χ0v) is 15.3. The normalized spacial score (nSPS) is 16.2. The van der Waals surface area contributed by atoms with Gasteiger partial charge in [0.25, 0.3) is 0 Å². The van der Waals surface area contributed by atoms with Crippen molar-refractivity contribution in [3.8, 4) is 0 Å². The summed E-state index contributed by atoms with van der Waals surface area (Å²) >= 11 is 0. The second-order valence-electron chi connectivity index (χ2n) is 6.54. The van der Waals surface area contributed by atoms with Gasteiger partial charge < -0.3 is 15.5 Å². The molecule has 1 aromatic carbocycles. The van der Waals surface area contributed by atoms with Gasteiger partial charge in [0.15, 0.2) is 0 Å². The minimum absolute atomic E-state index is 0. The molecule has 1 aliphatic heterocycles. The first kappa shape index (κ1) is 20.5. The molecule has 5 nitrogen and oxygen atoms in total. The molecule has 2 N–H and O–H groups in total. The van der Waals surface area contributed by atoms with Gasteiger partial charge >= 0.3 is 0 Å². The predicted octanol–water partition coefficient (Wildman–Crippen LogP) is 1.70. The third-order valence-electron chi connectivity index (χ3n) is 4.42. The molecule has 134 valence electrons. The Hall–Kier alpha value is -1.59. The number of nitrogens with two attached hydrogens (primary N) is 1. The summed E-state index contributed by atoms with van der Waals surface area (Å²) < 4.78 is 0. The van der Waals surface area contributed by atoms with Crippen LogP contribution in [0.2, 0.25) is 0 Å². The Labute approximate surface area is 150 Å². The lowest BCUT2D eigenvalue weighted by molar-refractivity contribution is -0.139. The van der Waals surface area contributed by atoms with E-state index >= 15 is 0 Å². The highest BCUT2D eigenvalue weighted by Gasteiger charge is 2.28. The molecule has 1 atom stereocenters.